The number of hydrogen-bond donors (Lipinski definition) is 1. The molecule has 0 aromatic rings. The van der Waals surface area contributed by atoms with E-state index in [4.69, 9.17) is 4.84 Å². The van der Waals surface area contributed by atoms with E-state index in [0.717, 1.165) is 17.1 Å². The summed E-state index contributed by atoms with van der Waals surface area (Å²) in [7, 11) is 2.93. The van der Waals surface area contributed by atoms with Crippen LogP contribution in [0.1, 0.15) is 20.3 Å². The van der Waals surface area contributed by atoms with Gasteiger partial charge in [-0.2, -0.15) is 0 Å². The molecule has 0 unspecified atom stereocenters. The fourth-order valence-corrected chi connectivity index (χ4v) is 1.28. The lowest BCUT2D eigenvalue weighted by atomic mass is 10.0. The maximum atomic E-state index is 11.7. The number of hydrogen-bond acceptors (Lipinski definition) is 3. The summed E-state index contributed by atoms with van der Waals surface area (Å²) < 4.78 is 0. The molecule has 0 radical (unpaired) electrons. The predicted octanol–water partition coefficient (Wildman–Crippen LogP) is 2.08. The normalized spacial score (nSPS) is 15.5. The topological polar surface area (TPSA) is 49.8 Å². The zero-order valence-electron chi connectivity index (χ0n) is 11.6. The average molecular weight is 253 g/mol. The molecule has 0 saturated carbocycles. The van der Waals surface area contributed by atoms with Gasteiger partial charge in [0.05, 0.1) is 19.1 Å². The van der Waals surface area contributed by atoms with E-state index >= 15 is 0 Å². The number of aliphatic hydroxyl groups is 1. The Balaban J connectivity index is 4.48. The molecule has 0 aliphatic rings. The molecular formula is C14H23NO3. The Labute approximate surface area is 109 Å². The molecule has 4 heteroatoms. The highest BCUT2D eigenvalue weighted by molar-refractivity contribution is 5.78. The summed E-state index contributed by atoms with van der Waals surface area (Å²) in [4.78, 5) is 16.5. The van der Waals surface area contributed by atoms with Crippen molar-refractivity contribution in [2.75, 3.05) is 14.2 Å². The summed E-state index contributed by atoms with van der Waals surface area (Å²) in [5, 5.41) is 11.0. The second-order valence-electron chi connectivity index (χ2n) is 4.13. The van der Waals surface area contributed by atoms with Crippen LogP contribution in [0.3, 0.4) is 0 Å². The lowest BCUT2D eigenvalue weighted by Crippen LogP contribution is -2.36. The van der Waals surface area contributed by atoms with Gasteiger partial charge in [-0.05, 0) is 13.3 Å². The molecule has 0 fully saturated rings. The first kappa shape index (κ1) is 16.6. The molecule has 0 spiro atoms. The highest BCUT2D eigenvalue weighted by Gasteiger charge is 2.23. The molecule has 0 aromatic carbocycles. The molecule has 4 nitrogen and oxygen atoms in total. The predicted molar refractivity (Wildman–Crippen MR) is 72.7 cm³/mol. The van der Waals surface area contributed by atoms with Crippen LogP contribution in [0.5, 0.6) is 0 Å². The third-order valence-electron chi connectivity index (χ3n) is 2.65. The average Bonchev–Trinajstić information content (AvgIpc) is 2.39. The van der Waals surface area contributed by atoms with Crippen molar-refractivity contribution < 1.29 is 14.7 Å². The monoisotopic (exact) mass is 253 g/mol. The molecule has 2 atom stereocenters. The highest BCUT2D eigenvalue weighted by atomic mass is 16.7. The molecule has 102 valence electrons. The van der Waals surface area contributed by atoms with Gasteiger partial charge in [0, 0.05) is 7.05 Å². The van der Waals surface area contributed by atoms with E-state index in [-0.39, 0.29) is 5.91 Å². The van der Waals surface area contributed by atoms with Crippen LogP contribution in [0.15, 0.2) is 36.5 Å². The van der Waals surface area contributed by atoms with Gasteiger partial charge >= 0.3 is 0 Å². The van der Waals surface area contributed by atoms with E-state index in [1.165, 1.54) is 14.2 Å². The number of amides is 1. The number of carbonyl (C=O) groups excluding carboxylic acids is 1. The van der Waals surface area contributed by atoms with Crippen molar-refractivity contribution >= 4 is 5.91 Å². The Morgan fingerprint density at radius 1 is 1.56 bits per heavy atom. The summed E-state index contributed by atoms with van der Waals surface area (Å²) in [6.45, 7) is 7.22. The van der Waals surface area contributed by atoms with Crippen LogP contribution in [0.4, 0.5) is 0 Å². The Kier molecular flexibility index (Phi) is 8.00. The van der Waals surface area contributed by atoms with Gasteiger partial charge in [-0.3, -0.25) is 9.63 Å². The van der Waals surface area contributed by atoms with Crippen LogP contribution in [-0.4, -0.2) is 36.3 Å². The van der Waals surface area contributed by atoms with Crippen molar-refractivity contribution in [2.24, 2.45) is 5.92 Å². The van der Waals surface area contributed by atoms with E-state index < -0.39 is 12.0 Å². The first-order chi connectivity index (χ1) is 8.43. The largest absolute Gasteiger partial charge is 0.388 e. The third-order valence-corrected chi connectivity index (χ3v) is 2.65. The molecule has 18 heavy (non-hydrogen) atoms. The first-order valence-corrected chi connectivity index (χ1v) is 5.89. The Bertz CT molecular complexity index is 334. The van der Waals surface area contributed by atoms with E-state index in [1.807, 2.05) is 13.0 Å². The minimum Gasteiger partial charge on any atom is -0.388 e. The van der Waals surface area contributed by atoms with Gasteiger partial charge in [-0.1, -0.05) is 36.8 Å². The third kappa shape index (κ3) is 5.80. The summed E-state index contributed by atoms with van der Waals surface area (Å²) in [5.41, 5.74) is 1.02. The summed E-state index contributed by atoms with van der Waals surface area (Å²) in [6, 6.07) is 0. The van der Waals surface area contributed by atoms with Gasteiger partial charge in [0.1, 0.15) is 0 Å². The van der Waals surface area contributed by atoms with Crippen molar-refractivity contribution in [2.45, 2.75) is 26.4 Å². The van der Waals surface area contributed by atoms with Gasteiger partial charge < -0.3 is 5.11 Å². The maximum absolute atomic E-state index is 11.7. The van der Waals surface area contributed by atoms with Crippen LogP contribution in [0.2, 0.25) is 0 Å². The van der Waals surface area contributed by atoms with Crippen LogP contribution < -0.4 is 0 Å². The van der Waals surface area contributed by atoms with Crippen LogP contribution >= 0.6 is 0 Å². The summed E-state index contributed by atoms with van der Waals surface area (Å²) in [5.74, 6) is -0.805. The van der Waals surface area contributed by atoms with Gasteiger partial charge in [0.25, 0.3) is 5.91 Å². The zero-order valence-corrected chi connectivity index (χ0v) is 11.6. The highest BCUT2D eigenvalue weighted by Crippen LogP contribution is 2.10. The molecule has 0 aliphatic heterocycles. The van der Waals surface area contributed by atoms with E-state index in [1.54, 1.807) is 25.2 Å². The van der Waals surface area contributed by atoms with E-state index in [9.17, 15) is 9.90 Å². The molecule has 0 bridgehead atoms. The van der Waals surface area contributed by atoms with Crippen molar-refractivity contribution in [1.29, 1.82) is 0 Å². The number of rotatable bonds is 7. The molecule has 0 saturated heterocycles. The second-order valence-corrected chi connectivity index (χ2v) is 4.13. The number of allylic oxidation sites excluding steroid dienone is 4. The van der Waals surface area contributed by atoms with E-state index in [0.29, 0.717) is 0 Å². The van der Waals surface area contributed by atoms with Gasteiger partial charge in [0.2, 0.25) is 0 Å². The fourth-order valence-electron chi connectivity index (χ4n) is 1.28. The van der Waals surface area contributed by atoms with Crippen LogP contribution in [0.25, 0.3) is 0 Å². The Hall–Kier alpha value is -1.39. The Morgan fingerprint density at radius 2 is 2.17 bits per heavy atom. The molecule has 1 N–H and O–H groups in total. The maximum Gasteiger partial charge on any atom is 0.251 e. The number of nitrogens with zero attached hydrogens (tertiary/aromatic N) is 1. The quantitative estimate of drug-likeness (QED) is 0.429. The van der Waals surface area contributed by atoms with Crippen LogP contribution in [-0.2, 0) is 9.63 Å². The smallest absolute Gasteiger partial charge is 0.251 e. The molecule has 0 aliphatic carbocycles. The fraction of sp³-hybridized carbons (Fsp3) is 0.500. The van der Waals surface area contributed by atoms with Crippen molar-refractivity contribution in [3.8, 4) is 0 Å². The lowest BCUT2D eigenvalue weighted by molar-refractivity contribution is -0.175. The lowest BCUT2D eigenvalue weighted by Gasteiger charge is -2.20. The molecular weight excluding hydrogens is 230 g/mol. The van der Waals surface area contributed by atoms with Gasteiger partial charge in [-0.15, -0.1) is 6.58 Å². The van der Waals surface area contributed by atoms with E-state index in [2.05, 4.69) is 6.58 Å². The van der Waals surface area contributed by atoms with Gasteiger partial charge in [-0.25, -0.2) is 5.06 Å². The molecule has 1 amide bonds. The summed E-state index contributed by atoms with van der Waals surface area (Å²) >= 11 is 0. The van der Waals surface area contributed by atoms with Crippen molar-refractivity contribution in [3.63, 3.8) is 0 Å². The summed E-state index contributed by atoms with van der Waals surface area (Å²) in [6.07, 6.45) is 7.15. The molecule has 0 heterocycles. The van der Waals surface area contributed by atoms with Crippen molar-refractivity contribution in [3.05, 3.63) is 36.5 Å². The number of carbonyl (C=O) groups is 1. The molecule has 0 rings (SSSR count). The SMILES string of the molecule is C=CC/C=C(C)/C=C/[C@H](O)[C@@H](C)C(=O)N(C)OC. The van der Waals surface area contributed by atoms with Gasteiger partial charge in [0.15, 0.2) is 0 Å². The minimum atomic E-state index is -0.831. The number of aliphatic hydroxyl groups excluding tert-OH is 1. The Morgan fingerprint density at radius 3 is 2.67 bits per heavy atom. The van der Waals surface area contributed by atoms with Crippen molar-refractivity contribution in [1.82, 2.24) is 5.06 Å². The van der Waals surface area contributed by atoms with Crippen LogP contribution in [0, 0.1) is 5.92 Å². The molecule has 0 aromatic heterocycles. The standard InChI is InChI=1S/C14H23NO3/c1-6-7-8-11(2)9-10-13(16)12(3)14(17)15(4)18-5/h6,8-10,12-13,16H,1,7H2,2-5H3/b10-9+,11-8+/t12-,13+/m1/s1. The first-order valence-electron chi connectivity index (χ1n) is 5.89. The second kappa shape index (κ2) is 8.66. The minimum absolute atomic E-state index is 0.262. The zero-order chi connectivity index (χ0) is 14.1. The number of hydroxylamine groups is 2.